The van der Waals surface area contributed by atoms with Gasteiger partial charge in [0, 0.05) is 38.8 Å². The lowest BCUT2D eigenvalue weighted by Gasteiger charge is -2.36. The lowest BCUT2D eigenvalue weighted by molar-refractivity contribution is 0.383. The number of benzene rings is 1. The highest BCUT2D eigenvalue weighted by Gasteiger charge is 2.30. The zero-order valence-electron chi connectivity index (χ0n) is 19.0. The molecule has 0 saturated carbocycles. The Bertz CT molecular complexity index is 1030. The highest BCUT2D eigenvalue weighted by molar-refractivity contribution is 7.89. The third-order valence-corrected chi connectivity index (χ3v) is 8.75. The van der Waals surface area contributed by atoms with Crippen LogP contribution in [-0.4, -0.2) is 61.7 Å². The molecule has 0 aliphatic carbocycles. The molecule has 3 heterocycles. The molecule has 0 bridgehead atoms. The van der Waals surface area contributed by atoms with E-state index >= 15 is 0 Å². The second-order valence-corrected chi connectivity index (χ2v) is 10.8. The summed E-state index contributed by atoms with van der Waals surface area (Å²) in [5, 5.41) is 8.93. The highest BCUT2D eigenvalue weighted by atomic mass is 32.2. The molecule has 8 heteroatoms. The molecule has 0 radical (unpaired) electrons. The maximum atomic E-state index is 13.2. The first kappa shape index (κ1) is 22.0. The van der Waals surface area contributed by atoms with Crippen molar-refractivity contribution < 1.29 is 8.42 Å². The van der Waals surface area contributed by atoms with Gasteiger partial charge in [-0.3, -0.25) is 0 Å². The summed E-state index contributed by atoms with van der Waals surface area (Å²) in [6.07, 6.45) is 3.67. The van der Waals surface area contributed by atoms with Gasteiger partial charge in [-0.15, -0.1) is 10.2 Å². The van der Waals surface area contributed by atoms with Crippen LogP contribution in [0, 0.1) is 20.8 Å². The van der Waals surface area contributed by atoms with Crippen LogP contribution in [-0.2, 0) is 10.0 Å². The summed E-state index contributed by atoms with van der Waals surface area (Å²) in [7, 11) is -3.50. The predicted molar refractivity (Wildman–Crippen MR) is 124 cm³/mol. The van der Waals surface area contributed by atoms with Crippen LogP contribution in [0.4, 0.5) is 11.6 Å². The van der Waals surface area contributed by atoms with Crippen molar-refractivity contribution in [1.82, 2.24) is 14.5 Å². The van der Waals surface area contributed by atoms with Crippen LogP contribution >= 0.6 is 0 Å². The Morgan fingerprint density at radius 3 is 2.13 bits per heavy atom. The summed E-state index contributed by atoms with van der Waals surface area (Å²) < 4.78 is 28.1. The lowest BCUT2D eigenvalue weighted by Crippen LogP contribution is -2.49. The largest absolute Gasteiger partial charge is 0.352 e. The molecule has 1 aromatic heterocycles. The number of nitrogens with zero attached hydrogens (tertiary/aromatic N) is 5. The number of anilines is 2. The van der Waals surface area contributed by atoms with Gasteiger partial charge in [0.05, 0.1) is 4.90 Å². The van der Waals surface area contributed by atoms with E-state index in [4.69, 9.17) is 0 Å². The molecule has 31 heavy (non-hydrogen) atoms. The molecule has 1 unspecified atom stereocenters. The molecule has 1 aromatic carbocycles. The number of hydrogen-bond donors (Lipinski definition) is 0. The molecule has 2 aliphatic heterocycles. The van der Waals surface area contributed by atoms with E-state index in [0.29, 0.717) is 37.1 Å². The van der Waals surface area contributed by atoms with Crippen molar-refractivity contribution >= 4 is 21.7 Å². The molecule has 2 fully saturated rings. The highest BCUT2D eigenvalue weighted by Crippen LogP contribution is 2.26. The zero-order valence-corrected chi connectivity index (χ0v) is 19.8. The predicted octanol–water partition coefficient (Wildman–Crippen LogP) is 3.29. The summed E-state index contributed by atoms with van der Waals surface area (Å²) in [5.41, 5.74) is 2.92. The van der Waals surface area contributed by atoms with E-state index in [1.54, 1.807) is 10.4 Å². The fraction of sp³-hybridized carbons (Fsp3) is 0.565. The van der Waals surface area contributed by atoms with Crippen molar-refractivity contribution in [2.45, 2.75) is 57.9 Å². The Kier molecular flexibility index (Phi) is 6.21. The smallest absolute Gasteiger partial charge is 0.243 e. The van der Waals surface area contributed by atoms with Crippen LogP contribution in [0.1, 0.15) is 42.9 Å². The molecule has 2 saturated heterocycles. The van der Waals surface area contributed by atoms with Gasteiger partial charge < -0.3 is 9.80 Å². The first-order chi connectivity index (χ1) is 14.8. The summed E-state index contributed by atoms with van der Waals surface area (Å²) in [6, 6.07) is 8.32. The number of aryl methyl sites for hydroxylation is 3. The number of hydrogen-bond acceptors (Lipinski definition) is 6. The van der Waals surface area contributed by atoms with E-state index in [1.807, 2.05) is 39.0 Å². The number of rotatable bonds is 4. The molecule has 0 spiro atoms. The Morgan fingerprint density at radius 2 is 1.48 bits per heavy atom. The van der Waals surface area contributed by atoms with E-state index in [9.17, 15) is 8.42 Å². The summed E-state index contributed by atoms with van der Waals surface area (Å²) >= 11 is 0. The van der Waals surface area contributed by atoms with Crippen LogP contribution in [0.15, 0.2) is 29.2 Å². The molecule has 7 nitrogen and oxygen atoms in total. The monoisotopic (exact) mass is 443 g/mol. The molecular weight excluding hydrogens is 410 g/mol. The van der Waals surface area contributed by atoms with Crippen molar-refractivity contribution in [3.05, 3.63) is 41.0 Å². The minimum Gasteiger partial charge on any atom is -0.352 e. The number of piperazine rings is 1. The standard InChI is InChI=1S/C23H33N5O2S/c1-17-15-19(3)21(16-18(17)2)31(29,30)27-13-11-26(12-14-27)22-8-9-23(25-24-22)28-10-6-5-7-20(28)4/h8-9,15-16,20H,5-7,10-14H2,1-4H3. The third kappa shape index (κ3) is 4.41. The van der Waals surface area contributed by atoms with Crippen molar-refractivity contribution in [3.8, 4) is 0 Å². The zero-order chi connectivity index (χ0) is 22.2. The number of piperidine rings is 1. The average Bonchev–Trinajstić information content (AvgIpc) is 2.77. The first-order valence-electron chi connectivity index (χ1n) is 11.2. The second kappa shape index (κ2) is 8.74. The van der Waals surface area contributed by atoms with Crippen LogP contribution in [0.5, 0.6) is 0 Å². The van der Waals surface area contributed by atoms with Crippen molar-refractivity contribution in [2.75, 3.05) is 42.5 Å². The lowest BCUT2D eigenvalue weighted by atomic mass is 10.0. The van der Waals surface area contributed by atoms with Crippen LogP contribution in [0.2, 0.25) is 0 Å². The average molecular weight is 444 g/mol. The summed E-state index contributed by atoms with van der Waals surface area (Å²) in [5.74, 6) is 1.75. The molecule has 2 aromatic rings. The van der Waals surface area contributed by atoms with Crippen LogP contribution < -0.4 is 9.80 Å². The van der Waals surface area contributed by atoms with Gasteiger partial charge in [0.15, 0.2) is 11.6 Å². The van der Waals surface area contributed by atoms with Crippen molar-refractivity contribution in [1.29, 1.82) is 0 Å². The fourth-order valence-electron chi connectivity index (χ4n) is 4.59. The van der Waals surface area contributed by atoms with E-state index < -0.39 is 10.0 Å². The van der Waals surface area contributed by atoms with Crippen LogP contribution in [0.3, 0.4) is 0 Å². The van der Waals surface area contributed by atoms with E-state index in [1.165, 1.54) is 19.3 Å². The van der Waals surface area contributed by atoms with Gasteiger partial charge in [-0.25, -0.2) is 8.42 Å². The second-order valence-electron chi connectivity index (χ2n) is 8.88. The van der Waals surface area contributed by atoms with Gasteiger partial charge in [0.1, 0.15) is 0 Å². The normalized spacial score (nSPS) is 20.8. The van der Waals surface area contributed by atoms with Gasteiger partial charge >= 0.3 is 0 Å². The minimum absolute atomic E-state index is 0.420. The minimum atomic E-state index is -3.50. The van der Waals surface area contributed by atoms with Crippen molar-refractivity contribution in [3.63, 3.8) is 0 Å². The number of aromatic nitrogens is 2. The molecule has 0 amide bonds. The van der Waals surface area contributed by atoms with E-state index in [0.717, 1.165) is 34.9 Å². The number of sulfonamides is 1. The molecular formula is C23H33N5O2S. The van der Waals surface area contributed by atoms with Gasteiger partial charge in [-0.05, 0) is 81.8 Å². The molecule has 2 aliphatic rings. The third-order valence-electron chi connectivity index (χ3n) is 6.71. The van der Waals surface area contributed by atoms with Crippen molar-refractivity contribution in [2.24, 2.45) is 0 Å². The molecule has 4 rings (SSSR count). The van der Waals surface area contributed by atoms with Gasteiger partial charge in [0.2, 0.25) is 10.0 Å². The van der Waals surface area contributed by atoms with Gasteiger partial charge in [-0.1, -0.05) is 6.07 Å². The van der Waals surface area contributed by atoms with E-state index in [-0.39, 0.29) is 0 Å². The molecule has 0 N–H and O–H groups in total. The summed E-state index contributed by atoms with van der Waals surface area (Å²) in [6.45, 7) is 11.2. The first-order valence-corrected chi connectivity index (χ1v) is 12.6. The quantitative estimate of drug-likeness (QED) is 0.722. The maximum Gasteiger partial charge on any atom is 0.243 e. The topological polar surface area (TPSA) is 69.6 Å². The Hall–Kier alpha value is -2.19. The Labute approximate surface area is 186 Å². The Balaban J connectivity index is 1.43. The van der Waals surface area contributed by atoms with Gasteiger partial charge in [0.25, 0.3) is 0 Å². The maximum absolute atomic E-state index is 13.2. The molecule has 168 valence electrons. The SMILES string of the molecule is Cc1cc(C)c(S(=O)(=O)N2CCN(c3ccc(N4CCCCC4C)nn3)CC2)cc1C. The summed E-state index contributed by atoms with van der Waals surface area (Å²) in [4.78, 5) is 4.87. The van der Waals surface area contributed by atoms with Gasteiger partial charge in [-0.2, -0.15) is 4.31 Å². The van der Waals surface area contributed by atoms with E-state index in [2.05, 4.69) is 26.9 Å². The molecule has 1 atom stereocenters. The van der Waals surface area contributed by atoms with Crippen LogP contribution in [0.25, 0.3) is 0 Å². The fourth-order valence-corrected chi connectivity index (χ4v) is 6.30. The Morgan fingerprint density at radius 1 is 0.839 bits per heavy atom.